The van der Waals surface area contributed by atoms with Crippen LogP contribution >= 0.6 is 11.3 Å². The molecule has 3 N–H and O–H groups in total. The van der Waals surface area contributed by atoms with Gasteiger partial charge in [0, 0.05) is 11.3 Å². The quantitative estimate of drug-likeness (QED) is 0.609. The van der Waals surface area contributed by atoms with Crippen LogP contribution in [-0.2, 0) is 4.79 Å². The zero-order chi connectivity index (χ0) is 20.2. The molecule has 2 atom stereocenters. The summed E-state index contributed by atoms with van der Waals surface area (Å²) in [5.41, 5.74) is 3.46. The summed E-state index contributed by atoms with van der Waals surface area (Å²) in [6.07, 6.45) is 2.73. The van der Waals surface area contributed by atoms with Gasteiger partial charge in [-0.25, -0.2) is 5.32 Å². The van der Waals surface area contributed by atoms with Gasteiger partial charge in [0.25, 0.3) is 0 Å². The van der Waals surface area contributed by atoms with E-state index < -0.39 is 0 Å². The van der Waals surface area contributed by atoms with Crippen LogP contribution in [-0.4, -0.2) is 16.7 Å². The summed E-state index contributed by atoms with van der Waals surface area (Å²) in [6, 6.07) is 10.0. The Hall–Kier alpha value is -2.93. The fraction of sp³-hybridized carbons (Fsp3) is 0.318. The number of allylic oxidation sites excluding steroid dienone is 1. The molecule has 1 aromatic carbocycles. The molecule has 29 heavy (non-hydrogen) atoms. The highest BCUT2D eigenvalue weighted by molar-refractivity contribution is 7.10. The molecule has 1 aliphatic heterocycles. The van der Waals surface area contributed by atoms with Crippen LogP contribution in [0.3, 0.4) is 0 Å². The molecule has 148 valence electrons. The topological polar surface area (TPSA) is 81.1 Å². The number of hydrogen-bond donors (Lipinski definition) is 3. The third-order valence-corrected chi connectivity index (χ3v) is 6.57. The molecule has 0 fully saturated rings. The maximum absolute atomic E-state index is 13.1. The van der Waals surface area contributed by atoms with Crippen LogP contribution in [0.15, 0.2) is 51.9 Å². The van der Waals surface area contributed by atoms with Crippen LogP contribution in [0.1, 0.15) is 36.8 Å². The number of thiophene rings is 1. The van der Waals surface area contributed by atoms with Gasteiger partial charge in [-0.1, -0.05) is 26.0 Å². The number of hydrogen-bond acceptors (Lipinski definition) is 6. The van der Waals surface area contributed by atoms with Gasteiger partial charge < -0.3 is 4.42 Å². The number of Topliss-reactive ketones (excluding diaryl/α,β-unsaturated/α-hetero) is 1. The Labute approximate surface area is 172 Å². The minimum atomic E-state index is -0.227. The molecule has 2 aliphatic rings. The van der Waals surface area contributed by atoms with E-state index in [2.05, 4.69) is 58.9 Å². The highest BCUT2D eigenvalue weighted by Gasteiger charge is 2.46. The number of guanidine groups is 1. The van der Waals surface area contributed by atoms with Crippen molar-refractivity contribution in [1.29, 1.82) is 0 Å². The molecule has 3 aromatic rings. The summed E-state index contributed by atoms with van der Waals surface area (Å²) in [6.45, 7) is 6.28. The van der Waals surface area contributed by atoms with Crippen molar-refractivity contribution in [1.82, 2.24) is 10.3 Å². The molecule has 0 bridgehead atoms. The largest absolute Gasteiger partial charge is 0.412 e. The lowest BCUT2D eigenvalue weighted by atomic mass is 9.73. The molecule has 1 aliphatic carbocycles. The number of fused-ring (bicyclic) bond motifs is 2. The van der Waals surface area contributed by atoms with Gasteiger partial charge in [0.2, 0.25) is 0 Å². The minimum absolute atomic E-state index is 0.127. The van der Waals surface area contributed by atoms with Gasteiger partial charge in [-0.05, 0) is 47.6 Å². The fourth-order valence-electron chi connectivity index (χ4n) is 4.21. The van der Waals surface area contributed by atoms with Crippen molar-refractivity contribution in [3.8, 4) is 0 Å². The lowest BCUT2D eigenvalue weighted by Crippen LogP contribution is -2.84. The van der Waals surface area contributed by atoms with Crippen LogP contribution in [0.5, 0.6) is 0 Å². The van der Waals surface area contributed by atoms with Crippen molar-refractivity contribution in [3.63, 3.8) is 0 Å². The molecule has 3 heterocycles. The summed E-state index contributed by atoms with van der Waals surface area (Å²) in [5, 5.41) is 8.68. The molecule has 0 saturated heterocycles. The van der Waals surface area contributed by atoms with Crippen molar-refractivity contribution >= 4 is 40.2 Å². The second-order valence-electron chi connectivity index (χ2n) is 8.41. The third kappa shape index (κ3) is 3.25. The van der Waals surface area contributed by atoms with Gasteiger partial charge in [0.15, 0.2) is 5.58 Å². The number of oxazole rings is 1. The Morgan fingerprint density at radius 1 is 1.31 bits per heavy atom. The third-order valence-electron chi connectivity index (χ3n) is 5.47. The van der Waals surface area contributed by atoms with E-state index in [4.69, 9.17) is 4.42 Å². The van der Waals surface area contributed by atoms with Crippen LogP contribution in [0.25, 0.3) is 11.1 Å². The first-order chi connectivity index (χ1) is 13.9. The van der Waals surface area contributed by atoms with Gasteiger partial charge in [-0.15, -0.1) is 11.3 Å². The van der Waals surface area contributed by atoms with E-state index in [1.165, 1.54) is 10.4 Å². The summed E-state index contributed by atoms with van der Waals surface area (Å²) in [4.78, 5) is 22.2. The second-order valence-corrected chi connectivity index (χ2v) is 9.36. The number of rotatable bonds is 2. The van der Waals surface area contributed by atoms with E-state index >= 15 is 0 Å². The zero-order valence-corrected chi connectivity index (χ0v) is 17.4. The molecular weight excluding hydrogens is 384 g/mol. The van der Waals surface area contributed by atoms with Gasteiger partial charge in [0.1, 0.15) is 23.3 Å². The van der Waals surface area contributed by atoms with Crippen molar-refractivity contribution in [2.45, 2.75) is 33.2 Å². The monoisotopic (exact) mass is 407 g/mol. The Bertz CT molecular complexity index is 1140. The Kier molecular flexibility index (Phi) is 4.10. The standard InChI is InChI=1S/C22H22N4O2S/c1-12-8-9-29-19(12)18-17-14(10-22(2,3)11-15(17)27)23-20(25-18)26-21-24-13-6-4-5-7-16(13)28-21/h4-10,17-18H,11H2,1-3H3,(H2,23,24,25,26)/p+1/t17-,18+/m1/s1. The minimum Gasteiger partial charge on any atom is -0.412 e. The molecule has 7 heteroatoms. The Balaban J connectivity index is 1.56. The molecule has 0 amide bonds. The van der Waals surface area contributed by atoms with E-state index in [-0.39, 0.29) is 23.2 Å². The predicted octanol–water partition coefficient (Wildman–Crippen LogP) is 2.89. The molecule has 6 nitrogen and oxygen atoms in total. The van der Waals surface area contributed by atoms with Crippen LogP contribution < -0.4 is 15.6 Å². The first-order valence-corrected chi connectivity index (χ1v) is 10.6. The number of ketones is 1. The van der Waals surface area contributed by atoms with E-state index in [1.54, 1.807) is 11.3 Å². The number of aryl methyl sites for hydroxylation is 1. The van der Waals surface area contributed by atoms with E-state index in [0.717, 1.165) is 16.8 Å². The number of para-hydroxylation sites is 2. The van der Waals surface area contributed by atoms with Crippen molar-refractivity contribution < 1.29 is 14.2 Å². The number of anilines is 1. The van der Waals surface area contributed by atoms with Crippen molar-refractivity contribution in [2.75, 3.05) is 5.32 Å². The van der Waals surface area contributed by atoms with Crippen molar-refractivity contribution in [2.24, 2.45) is 11.3 Å². The first kappa shape index (κ1) is 18.1. The molecule has 0 spiro atoms. The van der Waals surface area contributed by atoms with Gasteiger partial charge in [0.05, 0.1) is 5.70 Å². The number of nitrogens with zero attached hydrogens (tertiary/aromatic N) is 1. The summed E-state index contributed by atoms with van der Waals surface area (Å²) < 4.78 is 5.81. The van der Waals surface area contributed by atoms with E-state index in [1.807, 2.05) is 24.3 Å². The van der Waals surface area contributed by atoms with Gasteiger partial charge in [-0.2, -0.15) is 10.3 Å². The number of carbonyl (C=O) groups excluding carboxylic acids is 1. The van der Waals surface area contributed by atoms with E-state index in [0.29, 0.717) is 18.4 Å². The average Bonchev–Trinajstić information content (AvgIpc) is 3.24. The zero-order valence-electron chi connectivity index (χ0n) is 16.6. The van der Waals surface area contributed by atoms with Crippen molar-refractivity contribution in [3.05, 3.63) is 57.9 Å². The molecule has 0 saturated carbocycles. The summed E-state index contributed by atoms with van der Waals surface area (Å²) >= 11 is 1.68. The summed E-state index contributed by atoms with van der Waals surface area (Å²) in [5.74, 6) is 0.697. The van der Waals surface area contributed by atoms with E-state index in [9.17, 15) is 4.79 Å². The molecule has 5 rings (SSSR count). The lowest BCUT2D eigenvalue weighted by Gasteiger charge is -2.35. The smallest absolute Gasteiger partial charge is 0.365 e. The Morgan fingerprint density at radius 2 is 2.14 bits per heavy atom. The predicted molar refractivity (Wildman–Crippen MR) is 114 cm³/mol. The molecular formula is C22H23N4O2S+. The maximum atomic E-state index is 13.1. The van der Waals surface area contributed by atoms with Crippen LogP contribution in [0.2, 0.25) is 0 Å². The Morgan fingerprint density at radius 3 is 2.90 bits per heavy atom. The normalized spacial score (nSPS) is 23.2. The van der Waals surface area contributed by atoms with Gasteiger partial charge >= 0.3 is 12.0 Å². The maximum Gasteiger partial charge on any atom is 0.365 e. The number of aromatic nitrogens is 1. The fourth-order valence-corrected chi connectivity index (χ4v) is 5.23. The highest BCUT2D eigenvalue weighted by atomic mass is 32.1. The molecule has 0 radical (unpaired) electrons. The number of benzene rings is 1. The molecule has 0 unspecified atom stereocenters. The average molecular weight is 408 g/mol. The number of carbonyl (C=O) groups is 1. The second kappa shape index (κ2) is 6.56. The van der Waals surface area contributed by atoms with Crippen LogP contribution in [0, 0.1) is 18.3 Å². The number of nitrogens with one attached hydrogen (secondary N) is 3. The molecule has 2 aromatic heterocycles. The SMILES string of the molecule is Cc1ccsc1[C@H]1[NH+]=C(Nc2nc3ccccc3o2)NC2=CC(C)(C)CC(=O)[C@@H]21. The van der Waals surface area contributed by atoms with Gasteiger partial charge in [-0.3, -0.25) is 9.79 Å². The summed E-state index contributed by atoms with van der Waals surface area (Å²) in [7, 11) is 0. The first-order valence-electron chi connectivity index (χ1n) is 9.72. The van der Waals surface area contributed by atoms with Crippen LogP contribution in [0.4, 0.5) is 6.01 Å². The lowest BCUT2D eigenvalue weighted by molar-refractivity contribution is -0.521. The highest BCUT2D eigenvalue weighted by Crippen LogP contribution is 2.40.